The van der Waals surface area contributed by atoms with Crippen LogP contribution in [0.3, 0.4) is 0 Å². The molecule has 7 nitrogen and oxygen atoms in total. The number of fused-ring (bicyclic) bond motifs is 1. The topological polar surface area (TPSA) is 91.4 Å². The van der Waals surface area contributed by atoms with Crippen molar-refractivity contribution in [3.05, 3.63) is 53.6 Å². The third kappa shape index (κ3) is 4.59. The zero-order valence-corrected chi connectivity index (χ0v) is 19.1. The van der Waals surface area contributed by atoms with Gasteiger partial charge in [0.15, 0.2) is 5.82 Å². The highest BCUT2D eigenvalue weighted by Crippen LogP contribution is 2.29. The molecule has 1 aromatic heterocycles. The first-order valence-corrected chi connectivity index (χ1v) is 12.3. The van der Waals surface area contributed by atoms with Crippen molar-refractivity contribution in [1.29, 1.82) is 0 Å². The maximum Gasteiger partial charge on any atom is 0.269 e. The first-order chi connectivity index (χ1) is 15.1. The lowest BCUT2D eigenvalue weighted by molar-refractivity contribution is 0.0962. The Hall–Kier alpha value is -2.63. The standard InChI is InChI=1S/C21H22F2N4O3S2/c1-12-7-13(2)11-27(10-12)32(29,30)16-5-3-14(4-6-16)20(28)25-26-21-24-19-17(23)8-15(22)9-18(19)31-21/h3-6,8-9,12-13H,7,10-11H2,1-2H3,(H,24,26)(H,25,28)/t12-,13-/m1/s1. The molecule has 1 aliphatic heterocycles. The fourth-order valence-electron chi connectivity index (χ4n) is 3.92. The minimum Gasteiger partial charge on any atom is -0.273 e. The molecule has 0 saturated carbocycles. The number of hydrogen-bond acceptors (Lipinski definition) is 6. The minimum atomic E-state index is -3.64. The molecule has 11 heteroatoms. The number of rotatable bonds is 5. The van der Waals surface area contributed by atoms with Crippen LogP contribution in [-0.2, 0) is 10.0 Å². The summed E-state index contributed by atoms with van der Waals surface area (Å²) >= 11 is 0.983. The summed E-state index contributed by atoms with van der Waals surface area (Å²) in [5.41, 5.74) is 5.24. The fourth-order valence-corrected chi connectivity index (χ4v) is 6.46. The number of piperidine rings is 1. The Morgan fingerprint density at radius 2 is 1.78 bits per heavy atom. The number of aromatic nitrogens is 1. The molecular weight excluding hydrogens is 458 g/mol. The van der Waals surface area contributed by atoms with Crippen LogP contribution >= 0.6 is 11.3 Å². The summed E-state index contributed by atoms with van der Waals surface area (Å²) in [4.78, 5) is 16.5. The van der Waals surface area contributed by atoms with Crippen LogP contribution in [0.25, 0.3) is 10.2 Å². The Balaban J connectivity index is 1.44. The van der Waals surface area contributed by atoms with Gasteiger partial charge in [0.1, 0.15) is 11.3 Å². The second-order valence-electron chi connectivity index (χ2n) is 8.12. The summed E-state index contributed by atoms with van der Waals surface area (Å²) in [5.74, 6) is -1.45. The van der Waals surface area contributed by atoms with E-state index in [1.165, 1.54) is 28.6 Å². The van der Waals surface area contributed by atoms with Gasteiger partial charge in [0.05, 0.1) is 9.60 Å². The molecule has 4 rings (SSSR count). The van der Waals surface area contributed by atoms with Crippen LogP contribution in [0.5, 0.6) is 0 Å². The van der Waals surface area contributed by atoms with Gasteiger partial charge in [-0.2, -0.15) is 4.31 Å². The molecule has 2 atom stereocenters. The van der Waals surface area contributed by atoms with Gasteiger partial charge < -0.3 is 0 Å². The summed E-state index contributed by atoms with van der Waals surface area (Å²) in [7, 11) is -3.64. The molecule has 0 radical (unpaired) electrons. The van der Waals surface area contributed by atoms with Gasteiger partial charge in [-0.3, -0.25) is 15.6 Å². The van der Waals surface area contributed by atoms with Crippen LogP contribution < -0.4 is 10.9 Å². The number of nitrogens with one attached hydrogen (secondary N) is 2. The predicted molar refractivity (Wildman–Crippen MR) is 119 cm³/mol. The molecule has 2 N–H and O–H groups in total. The number of halogens is 2. The molecule has 1 saturated heterocycles. The van der Waals surface area contributed by atoms with E-state index in [0.717, 1.165) is 29.9 Å². The van der Waals surface area contributed by atoms with E-state index in [4.69, 9.17) is 0 Å². The Kier molecular flexibility index (Phi) is 6.15. The van der Waals surface area contributed by atoms with Crippen molar-refractivity contribution in [3.8, 4) is 0 Å². The molecule has 2 heterocycles. The number of thiazole rings is 1. The van der Waals surface area contributed by atoms with Crippen molar-refractivity contribution in [3.63, 3.8) is 0 Å². The molecule has 170 valence electrons. The number of benzene rings is 2. The van der Waals surface area contributed by atoms with Crippen molar-refractivity contribution >= 4 is 42.6 Å². The Labute approximate surface area is 188 Å². The average Bonchev–Trinajstić information content (AvgIpc) is 3.14. The van der Waals surface area contributed by atoms with E-state index >= 15 is 0 Å². The molecule has 2 aromatic carbocycles. The van der Waals surface area contributed by atoms with Gasteiger partial charge in [0.2, 0.25) is 15.2 Å². The van der Waals surface area contributed by atoms with Gasteiger partial charge in [-0.15, -0.1) is 0 Å². The molecule has 0 aliphatic carbocycles. The number of carbonyl (C=O) groups excluding carboxylic acids is 1. The van der Waals surface area contributed by atoms with Crippen LogP contribution in [0.15, 0.2) is 41.3 Å². The van der Waals surface area contributed by atoms with E-state index in [1.54, 1.807) is 0 Å². The van der Waals surface area contributed by atoms with Gasteiger partial charge in [-0.25, -0.2) is 22.2 Å². The Morgan fingerprint density at radius 3 is 2.44 bits per heavy atom. The molecule has 1 amide bonds. The van der Waals surface area contributed by atoms with E-state index < -0.39 is 27.6 Å². The summed E-state index contributed by atoms with van der Waals surface area (Å²) in [6.45, 7) is 5.03. The van der Waals surface area contributed by atoms with Crippen LogP contribution in [0.1, 0.15) is 30.6 Å². The number of hydrogen-bond donors (Lipinski definition) is 2. The van der Waals surface area contributed by atoms with Crippen molar-refractivity contribution in [2.24, 2.45) is 11.8 Å². The van der Waals surface area contributed by atoms with E-state index in [1.807, 2.05) is 13.8 Å². The number of hydrazine groups is 1. The van der Waals surface area contributed by atoms with Crippen LogP contribution in [0, 0.1) is 23.5 Å². The molecule has 3 aromatic rings. The Morgan fingerprint density at radius 1 is 1.12 bits per heavy atom. The molecule has 0 unspecified atom stereocenters. The number of nitrogens with zero attached hydrogens (tertiary/aromatic N) is 2. The Bertz CT molecular complexity index is 1250. The number of amides is 1. The second-order valence-corrected chi connectivity index (χ2v) is 11.1. The molecule has 0 spiro atoms. The zero-order chi connectivity index (χ0) is 23.0. The lowest BCUT2D eigenvalue weighted by Gasteiger charge is -2.34. The lowest BCUT2D eigenvalue weighted by atomic mass is 9.94. The molecule has 1 fully saturated rings. The summed E-state index contributed by atoms with van der Waals surface area (Å²) < 4.78 is 54.8. The largest absolute Gasteiger partial charge is 0.273 e. The molecule has 1 aliphatic rings. The number of carbonyl (C=O) groups is 1. The summed E-state index contributed by atoms with van der Waals surface area (Å²) in [6.07, 6.45) is 0.994. The van der Waals surface area contributed by atoms with Crippen LogP contribution in [-0.4, -0.2) is 36.7 Å². The first kappa shape index (κ1) is 22.6. The number of sulfonamides is 1. The van der Waals surface area contributed by atoms with Crippen molar-refractivity contribution in [2.75, 3.05) is 18.5 Å². The van der Waals surface area contributed by atoms with E-state index in [9.17, 15) is 22.0 Å². The highest BCUT2D eigenvalue weighted by atomic mass is 32.2. The molecular formula is C21H22F2N4O3S2. The fraction of sp³-hybridized carbons (Fsp3) is 0.333. The molecule has 32 heavy (non-hydrogen) atoms. The van der Waals surface area contributed by atoms with Gasteiger partial charge >= 0.3 is 0 Å². The van der Waals surface area contributed by atoms with Gasteiger partial charge in [0, 0.05) is 24.7 Å². The average molecular weight is 481 g/mol. The third-order valence-corrected chi connectivity index (χ3v) is 8.05. The summed E-state index contributed by atoms with van der Waals surface area (Å²) in [5, 5.41) is 0.186. The van der Waals surface area contributed by atoms with E-state index in [0.29, 0.717) is 17.8 Å². The van der Waals surface area contributed by atoms with E-state index in [2.05, 4.69) is 15.8 Å². The number of anilines is 1. The minimum absolute atomic E-state index is 0.00376. The highest BCUT2D eigenvalue weighted by molar-refractivity contribution is 7.89. The maximum absolute atomic E-state index is 13.8. The normalized spacial score (nSPS) is 19.8. The molecule has 0 bridgehead atoms. The SMILES string of the molecule is C[C@@H]1C[C@@H](C)CN(S(=O)(=O)c2ccc(C(=O)NNc3nc4c(F)cc(F)cc4s3)cc2)C1. The van der Waals surface area contributed by atoms with Crippen molar-refractivity contribution in [1.82, 2.24) is 14.7 Å². The second kappa shape index (κ2) is 8.72. The highest BCUT2D eigenvalue weighted by Gasteiger charge is 2.31. The smallest absolute Gasteiger partial charge is 0.269 e. The monoisotopic (exact) mass is 480 g/mol. The van der Waals surface area contributed by atoms with Crippen molar-refractivity contribution in [2.45, 2.75) is 25.2 Å². The zero-order valence-electron chi connectivity index (χ0n) is 17.4. The lowest BCUT2D eigenvalue weighted by Crippen LogP contribution is -2.42. The van der Waals surface area contributed by atoms with Crippen LogP contribution in [0.2, 0.25) is 0 Å². The maximum atomic E-state index is 13.8. The first-order valence-electron chi connectivity index (χ1n) is 10.1. The van der Waals surface area contributed by atoms with E-state index in [-0.39, 0.29) is 32.9 Å². The van der Waals surface area contributed by atoms with Gasteiger partial charge in [-0.1, -0.05) is 25.2 Å². The van der Waals surface area contributed by atoms with Gasteiger partial charge in [-0.05, 0) is 48.6 Å². The quantitative estimate of drug-likeness (QED) is 0.539. The third-order valence-electron chi connectivity index (χ3n) is 5.29. The summed E-state index contributed by atoms with van der Waals surface area (Å²) in [6, 6.07) is 7.56. The van der Waals surface area contributed by atoms with Crippen LogP contribution in [0.4, 0.5) is 13.9 Å². The van der Waals surface area contributed by atoms with Gasteiger partial charge in [0.25, 0.3) is 5.91 Å². The van der Waals surface area contributed by atoms with Crippen molar-refractivity contribution < 1.29 is 22.0 Å². The predicted octanol–water partition coefficient (Wildman–Crippen LogP) is 4.00.